The normalized spacial score (nSPS) is 18.2. The molecular formula is C17H23NO7S. The van der Waals surface area contributed by atoms with E-state index in [0.717, 1.165) is 0 Å². The Balaban J connectivity index is 2.06. The van der Waals surface area contributed by atoms with Gasteiger partial charge >= 0.3 is 5.97 Å². The van der Waals surface area contributed by atoms with Crippen LogP contribution in [0.15, 0.2) is 18.2 Å². The highest BCUT2D eigenvalue weighted by Crippen LogP contribution is 2.29. The van der Waals surface area contributed by atoms with Crippen molar-refractivity contribution < 1.29 is 32.2 Å². The maximum Gasteiger partial charge on any atom is 0.346 e. The molecular weight excluding hydrogens is 362 g/mol. The van der Waals surface area contributed by atoms with E-state index in [0.29, 0.717) is 13.0 Å². The summed E-state index contributed by atoms with van der Waals surface area (Å²) in [6.07, 6.45) is 0.399. The molecule has 0 N–H and O–H groups in total. The molecule has 1 heterocycles. The van der Waals surface area contributed by atoms with Crippen LogP contribution in [0.4, 0.5) is 0 Å². The highest BCUT2D eigenvalue weighted by atomic mass is 32.2. The fourth-order valence-electron chi connectivity index (χ4n) is 2.99. The summed E-state index contributed by atoms with van der Waals surface area (Å²) in [6.45, 7) is 1.62. The molecule has 2 rings (SSSR count). The number of methoxy groups -OCH3 is 2. The number of amides is 1. The second kappa shape index (κ2) is 8.39. The molecule has 26 heavy (non-hydrogen) atoms. The summed E-state index contributed by atoms with van der Waals surface area (Å²) < 4.78 is 38.7. The van der Waals surface area contributed by atoms with Crippen LogP contribution in [0, 0.1) is 0 Å². The Morgan fingerprint density at radius 1 is 1.19 bits per heavy atom. The molecule has 1 aromatic rings. The highest BCUT2D eigenvalue weighted by molar-refractivity contribution is 7.91. The van der Waals surface area contributed by atoms with Crippen LogP contribution in [0.1, 0.15) is 23.7 Å². The van der Waals surface area contributed by atoms with Crippen LogP contribution in [0.5, 0.6) is 11.5 Å². The lowest BCUT2D eigenvalue weighted by atomic mass is 10.2. The SMILES string of the molecule is CCN(C(=O)COC(=O)c1c(OC)cccc1OC)[C@@H]1CCS(=O)(=O)C1. The lowest BCUT2D eigenvalue weighted by molar-refractivity contribution is -0.136. The van der Waals surface area contributed by atoms with Gasteiger partial charge in [0.2, 0.25) is 0 Å². The van der Waals surface area contributed by atoms with Gasteiger partial charge < -0.3 is 19.1 Å². The van der Waals surface area contributed by atoms with Crippen molar-refractivity contribution in [2.45, 2.75) is 19.4 Å². The fraction of sp³-hybridized carbons (Fsp3) is 0.529. The van der Waals surface area contributed by atoms with E-state index in [1.54, 1.807) is 25.1 Å². The van der Waals surface area contributed by atoms with Gasteiger partial charge in [-0.2, -0.15) is 0 Å². The van der Waals surface area contributed by atoms with Crippen molar-refractivity contribution in [1.29, 1.82) is 0 Å². The second-order valence-electron chi connectivity index (χ2n) is 5.85. The van der Waals surface area contributed by atoms with Crippen LogP contribution in [-0.2, 0) is 19.4 Å². The maximum absolute atomic E-state index is 12.4. The monoisotopic (exact) mass is 385 g/mol. The Labute approximate surface area is 152 Å². The second-order valence-corrected chi connectivity index (χ2v) is 8.08. The van der Waals surface area contributed by atoms with Gasteiger partial charge in [0.1, 0.15) is 17.1 Å². The topological polar surface area (TPSA) is 99.2 Å². The minimum Gasteiger partial charge on any atom is -0.496 e. The van der Waals surface area contributed by atoms with Crippen molar-refractivity contribution in [3.63, 3.8) is 0 Å². The first-order chi connectivity index (χ1) is 12.3. The van der Waals surface area contributed by atoms with E-state index in [1.165, 1.54) is 19.1 Å². The maximum atomic E-state index is 12.4. The van der Waals surface area contributed by atoms with Crippen molar-refractivity contribution in [2.75, 3.05) is 38.9 Å². The molecule has 1 aliphatic heterocycles. The summed E-state index contributed by atoms with van der Waals surface area (Å²) in [4.78, 5) is 26.2. The fourth-order valence-corrected chi connectivity index (χ4v) is 4.72. The average Bonchev–Trinajstić information content (AvgIpc) is 2.98. The first-order valence-corrected chi connectivity index (χ1v) is 10.0. The average molecular weight is 385 g/mol. The highest BCUT2D eigenvalue weighted by Gasteiger charge is 2.34. The predicted octanol–water partition coefficient (Wildman–Crippen LogP) is 0.896. The number of esters is 1. The standard InChI is InChI=1S/C17H23NO7S/c1-4-18(12-8-9-26(21,22)11-12)15(19)10-25-17(20)16-13(23-2)6-5-7-14(16)24-3/h5-7,12H,4,8-11H2,1-3H3/t12-/m1/s1. The predicted molar refractivity (Wildman–Crippen MR) is 94.3 cm³/mol. The van der Waals surface area contributed by atoms with Crippen LogP contribution in [0.25, 0.3) is 0 Å². The van der Waals surface area contributed by atoms with Crippen LogP contribution in [0.2, 0.25) is 0 Å². The summed E-state index contributed by atoms with van der Waals surface area (Å²) in [5, 5.41) is 0. The van der Waals surface area contributed by atoms with Gasteiger partial charge in [0.15, 0.2) is 16.4 Å². The molecule has 9 heteroatoms. The number of carbonyl (C=O) groups is 2. The van der Waals surface area contributed by atoms with E-state index in [1.807, 2.05) is 0 Å². The number of rotatable bonds is 7. The zero-order valence-corrected chi connectivity index (χ0v) is 15.9. The summed E-state index contributed by atoms with van der Waals surface area (Å²) in [5.74, 6) is -0.618. The van der Waals surface area contributed by atoms with E-state index in [2.05, 4.69) is 0 Å². The number of ether oxygens (including phenoxy) is 3. The van der Waals surface area contributed by atoms with Crippen molar-refractivity contribution in [3.8, 4) is 11.5 Å². The van der Waals surface area contributed by atoms with Crippen LogP contribution >= 0.6 is 0 Å². The smallest absolute Gasteiger partial charge is 0.346 e. The van der Waals surface area contributed by atoms with Crippen LogP contribution in [0.3, 0.4) is 0 Å². The number of hydrogen-bond donors (Lipinski definition) is 0. The summed E-state index contributed by atoms with van der Waals surface area (Å²) >= 11 is 0. The minimum atomic E-state index is -3.11. The van der Waals surface area contributed by atoms with Gasteiger partial charge in [-0.3, -0.25) is 4.79 Å². The van der Waals surface area contributed by atoms with Crippen molar-refractivity contribution in [2.24, 2.45) is 0 Å². The first kappa shape index (κ1) is 20.0. The molecule has 1 atom stereocenters. The van der Waals surface area contributed by atoms with Crippen molar-refractivity contribution in [3.05, 3.63) is 23.8 Å². The minimum absolute atomic E-state index is 0.0547. The molecule has 1 fully saturated rings. The van der Waals surface area contributed by atoms with Crippen molar-refractivity contribution in [1.82, 2.24) is 4.90 Å². The Hall–Kier alpha value is -2.29. The first-order valence-electron chi connectivity index (χ1n) is 8.21. The third-order valence-electron chi connectivity index (χ3n) is 4.27. The molecule has 8 nitrogen and oxygen atoms in total. The lowest BCUT2D eigenvalue weighted by Crippen LogP contribution is -2.43. The molecule has 0 aliphatic carbocycles. The Bertz CT molecular complexity index is 753. The number of carbonyl (C=O) groups excluding carboxylic acids is 2. The van der Waals surface area contributed by atoms with E-state index >= 15 is 0 Å². The molecule has 1 saturated heterocycles. The molecule has 1 amide bonds. The van der Waals surface area contributed by atoms with Gasteiger partial charge in [0.05, 0.1) is 25.7 Å². The summed E-state index contributed by atoms with van der Waals surface area (Å²) in [5.41, 5.74) is 0.0943. The van der Waals surface area contributed by atoms with Gasteiger partial charge in [0, 0.05) is 12.6 Å². The molecule has 0 aromatic heterocycles. The zero-order chi connectivity index (χ0) is 19.3. The molecule has 0 bridgehead atoms. The third kappa shape index (κ3) is 4.46. The van der Waals surface area contributed by atoms with Gasteiger partial charge in [-0.25, -0.2) is 13.2 Å². The zero-order valence-electron chi connectivity index (χ0n) is 15.1. The molecule has 1 aromatic carbocycles. The molecule has 144 valence electrons. The third-order valence-corrected chi connectivity index (χ3v) is 6.02. The van der Waals surface area contributed by atoms with Gasteiger partial charge in [-0.05, 0) is 25.5 Å². The Kier molecular flexibility index (Phi) is 6.47. The van der Waals surface area contributed by atoms with Gasteiger partial charge in [-0.1, -0.05) is 6.07 Å². The van der Waals surface area contributed by atoms with E-state index in [4.69, 9.17) is 14.2 Å². The molecule has 0 unspecified atom stereocenters. The summed E-state index contributed by atoms with van der Waals surface area (Å²) in [7, 11) is -0.286. The van der Waals surface area contributed by atoms with Gasteiger partial charge in [-0.15, -0.1) is 0 Å². The summed E-state index contributed by atoms with van der Waals surface area (Å²) in [6, 6.07) is 4.46. The molecule has 0 saturated carbocycles. The quantitative estimate of drug-likeness (QED) is 0.643. The molecule has 0 radical (unpaired) electrons. The Morgan fingerprint density at radius 3 is 2.27 bits per heavy atom. The van der Waals surface area contributed by atoms with E-state index in [9.17, 15) is 18.0 Å². The van der Waals surface area contributed by atoms with E-state index in [-0.39, 0.29) is 34.6 Å². The van der Waals surface area contributed by atoms with Crippen LogP contribution in [-0.4, -0.2) is 70.1 Å². The number of hydrogen-bond acceptors (Lipinski definition) is 7. The van der Waals surface area contributed by atoms with Crippen LogP contribution < -0.4 is 9.47 Å². The number of nitrogens with zero attached hydrogens (tertiary/aromatic N) is 1. The molecule has 0 spiro atoms. The van der Waals surface area contributed by atoms with Crippen molar-refractivity contribution >= 4 is 21.7 Å². The van der Waals surface area contributed by atoms with E-state index < -0.39 is 28.3 Å². The number of sulfone groups is 1. The largest absolute Gasteiger partial charge is 0.496 e. The number of benzene rings is 1. The Morgan fingerprint density at radius 2 is 1.81 bits per heavy atom. The number of likely N-dealkylation sites (N-methyl/N-ethyl adjacent to an activating group) is 1. The van der Waals surface area contributed by atoms with Gasteiger partial charge in [0.25, 0.3) is 5.91 Å². The molecule has 1 aliphatic rings. The lowest BCUT2D eigenvalue weighted by Gasteiger charge is -2.26.